The molecule has 0 N–H and O–H groups in total. The first kappa shape index (κ1) is 13.2. The molecule has 0 amide bonds. The van der Waals surface area contributed by atoms with Gasteiger partial charge in [-0.2, -0.15) is 0 Å². The fourth-order valence-corrected chi connectivity index (χ4v) is 3.84. The molecule has 0 atom stereocenters. The molecule has 1 aromatic carbocycles. The number of ether oxygens (including phenoxy) is 1. The number of hydrogen-bond donors (Lipinski definition) is 0. The van der Waals surface area contributed by atoms with Gasteiger partial charge in [0.1, 0.15) is 0 Å². The van der Waals surface area contributed by atoms with Gasteiger partial charge in [-0.15, -0.1) is 0 Å². The van der Waals surface area contributed by atoms with E-state index in [4.69, 9.17) is 0 Å². The Morgan fingerprint density at radius 1 is 1.38 bits per heavy atom. The predicted molar refractivity (Wildman–Crippen MR) is 63.3 cm³/mol. The summed E-state index contributed by atoms with van der Waals surface area (Å²) in [7, 11) is -2.13. The van der Waals surface area contributed by atoms with E-state index in [0.717, 1.165) is 6.26 Å². The molecule has 0 heterocycles. The van der Waals surface area contributed by atoms with Gasteiger partial charge in [0.2, 0.25) is 0 Å². The molecule has 4 nitrogen and oxygen atoms in total. The average molecular weight is 307 g/mol. The van der Waals surface area contributed by atoms with E-state index in [0.29, 0.717) is 10.0 Å². The molecule has 0 aromatic heterocycles. The maximum absolute atomic E-state index is 11.6. The van der Waals surface area contributed by atoms with Gasteiger partial charge >= 0.3 is 5.97 Å². The molecule has 0 radical (unpaired) electrons. The maximum Gasteiger partial charge on any atom is 0.338 e. The minimum absolute atomic E-state index is 0.121. The summed E-state index contributed by atoms with van der Waals surface area (Å²) in [6.07, 6.45) is 1.10. The SMILES string of the molecule is COC(=O)c1ccc(Br)c(S(C)(=O)=O)c1C. The highest BCUT2D eigenvalue weighted by molar-refractivity contribution is 9.10. The van der Waals surface area contributed by atoms with E-state index >= 15 is 0 Å². The molecule has 0 aliphatic rings. The van der Waals surface area contributed by atoms with Gasteiger partial charge in [-0.1, -0.05) is 0 Å². The number of halogens is 1. The van der Waals surface area contributed by atoms with Gasteiger partial charge in [0.15, 0.2) is 9.84 Å². The van der Waals surface area contributed by atoms with Crippen molar-refractivity contribution in [3.8, 4) is 0 Å². The molecule has 88 valence electrons. The molecule has 0 spiro atoms. The Kier molecular flexibility index (Phi) is 3.75. The zero-order valence-corrected chi connectivity index (χ0v) is 11.5. The number of esters is 1. The molecular formula is C10H11BrO4S. The third kappa shape index (κ3) is 2.44. The van der Waals surface area contributed by atoms with E-state index in [1.807, 2.05) is 0 Å². The first-order valence-electron chi connectivity index (χ1n) is 4.36. The highest BCUT2D eigenvalue weighted by Crippen LogP contribution is 2.28. The molecular weight excluding hydrogens is 296 g/mol. The van der Waals surface area contributed by atoms with Crippen LogP contribution in [-0.2, 0) is 14.6 Å². The van der Waals surface area contributed by atoms with Crippen molar-refractivity contribution in [3.05, 3.63) is 27.7 Å². The van der Waals surface area contributed by atoms with Gasteiger partial charge in [-0.3, -0.25) is 0 Å². The molecule has 6 heteroatoms. The lowest BCUT2D eigenvalue weighted by Gasteiger charge is -2.10. The van der Waals surface area contributed by atoms with Crippen LogP contribution in [0.25, 0.3) is 0 Å². The van der Waals surface area contributed by atoms with E-state index < -0.39 is 15.8 Å². The van der Waals surface area contributed by atoms with Crippen molar-refractivity contribution in [1.82, 2.24) is 0 Å². The average Bonchev–Trinajstić information content (AvgIpc) is 2.14. The second-order valence-electron chi connectivity index (χ2n) is 3.31. The van der Waals surface area contributed by atoms with Gasteiger partial charge in [0.05, 0.1) is 17.6 Å². The number of benzene rings is 1. The summed E-state index contributed by atoms with van der Waals surface area (Å²) in [6, 6.07) is 3.05. The van der Waals surface area contributed by atoms with Crippen LogP contribution in [0.15, 0.2) is 21.5 Å². The Labute approximate surface area is 103 Å². The smallest absolute Gasteiger partial charge is 0.338 e. The zero-order valence-electron chi connectivity index (χ0n) is 9.07. The third-order valence-corrected chi connectivity index (χ3v) is 4.32. The van der Waals surface area contributed by atoms with Crippen LogP contribution in [0.1, 0.15) is 15.9 Å². The maximum atomic E-state index is 11.6. The van der Waals surface area contributed by atoms with E-state index in [1.54, 1.807) is 6.92 Å². The lowest BCUT2D eigenvalue weighted by Crippen LogP contribution is -2.09. The van der Waals surface area contributed by atoms with Gasteiger partial charge in [-0.05, 0) is 40.5 Å². The number of carbonyl (C=O) groups excluding carboxylic acids is 1. The molecule has 0 unspecified atom stereocenters. The first-order chi connectivity index (χ1) is 7.29. The van der Waals surface area contributed by atoms with E-state index in [1.165, 1.54) is 19.2 Å². The highest BCUT2D eigenvalue weighted by atomic mass is 79.9. The molecule has 0 saturated heterocycles. The molecule has 0 saturated carbocycles. The Morgan fingerprint density at radius 2 is 1.94 bits per heavy atom. The summed E-state index contributed by atoms with van der Waals surface area (Å²) >= 11 is 3.16. The minimum Gasteiger partial charge on any atom is -0.465 e. The van der Waals surface area contributed by atoms with Gasteiger partial charge in [-0.25, -0.2) is 13.2 Å². The number of methoxy groups -OCH3 is 1. The number of hydrogen-bond acceptors (Lipinski definition) is 4. The molecule has 0 aliphatic carbocycles. The summed E-state index contributed by atoms with van der Waals surface area (Å²) in [4.78, 5) is 11.5. The van der Waals surface area contributed by atoms with Crippen LogP contribution in [0, 0.1) is 6.92 Å². The van der Waals surface area contributed by atoms with Crippen molar-refractivity contribution in [1.29, 1.82) is 0 Å². The Hall–Kier alpha value is -0.880. The Bertz CT molecular complexity index is 534. The quantitative estimate of drug-likeness (QED) is 0.784. The molecule has 1 aromatic rings. The van der Waals surface area contributed by atoms with Crippen LogP contribution >= 0.6 is 15.9 Å². The Morgan fingerprint density at radius 3 is 2.38 bits per heavy atom. The first-order valence-corrected chi connectivity index (χ1v) is 7.05. The van der Waals surface area contributed by atoms with Crippen molar-refractivity contribution < 1.29 is 17.9 Å². The van der Waals surface area contributed by atoms with Crippen LogP contribution in [0.5, 0.6) is 0 Å². The van der Waals surface area contributed by atoms with E-state index in [-0.39, 0.29) is 10.5 Å². The summed E-state index contributed by atoms with van der Waals surface area (Å²) in [5.74, 6) is -0.546. The van der Waals surface area contributed by atoms with Gasteiger partial charge < -0.3 is 4.74 Å². The standard InChI is InChI=1S/C10H11BrO4S/c1-6-7(10(12)15-2)4-5-8(11)9(6)16(3,13)14/h4-5H,1-3H3. The van der Waals surface area contributed by atoms with Crippen LogP contribution < -0.4 is 0 Å². The fraction of sp³-hybridized carbons (Fsp3) is 0.300. The summed E-state index contributed by atoms with van der Waals surface area (Å²) in [6.45, 7) is 1.58. The van der Waals surface area contributed by atoms with Crippen molar-refractivity contribution >= 4 is 31.7 Å². The summed E-state index contributed by atoms with van der Waals surface area (Å²) in [5, 5.41) is 0. The van der Waals surface area contributed by atoms with Crippen molar-refractivity contribution in [2.75, 3.05) is 13.4 Å². The highest BCUT2D eigenvalue weighted by Gasteiger charge is 2.20. The van der Waals surface area contributed by atoms with Crippen LogP contribution in [0.2, 0.25) is 0 Å². The van der Waals surface area contributed by atoms with Crippen molar-refractivity contribution in [3.63, 3.8) is 0 Å². The van der Waals surface area contributed by atoms with Gasteiger partial charge in [0, 0.05) is 10.7 Å². The molecule has 1 rings (SSSR count). The van der Waals surface area contributed by atoms with Crippen molar-refractivity contribution in [2.45, 2.75) is 11.8 Å². The second-order valence-corrected chi connectivity index (χ2v) is 6.12. The number of carbonyl (C=O) groups is 1. The third-order valence-electron chi connectivity index (χ3n) is 2.13. The van der Waals surface area contributed by atoms with Crippen LogP contribution in [0.3, 0.4) is 0 Å². The van der Waals surface area contributed by atoms with E-state index in [9.17, 15) is 13.2 Å². The summed E-state index contributed by atoms with van der Waals surface area (Å²) in [5.41, 5.74) is 0.648. The monoisotopic (exact) mass is 306 g/mol. The van der Waals surface area contributed by atoms with Crippen LogP contribution in [-0.4, -0.2) is 27.8 Å². The van der Waals surface area contributed by atoms with Crippen LogP contribution in [0.4, 0.5) is 0 Å². The van der Waals surface area contributed by atoms with Crippen molar-refractivity contribution in [2.24, 2.45) is 0 Å². The number of sulfone groups is 1. The summed E-state index contributed by atoms with van der Waals surface area (Å²) < 4.78 is 28.1. The normalized spacial score (nSPS) is 11.2. The Balaban J connectivity index is 3.58. The predicted octanol–water partition coefficient (Wildman–Crippen LogP) is 1.95. The minimum atomic E-state index is -3.38. The fourth-order valence-electron chi connectivity index (χ4n) is 1.44. The lowest BCUT2D eigenvalue weighted by atomic mass is 10.1. The topological polar surface area (TPSA) is 60.4 Å². The zero-order chi connectivity index (χ0) is 12.5. The largest absolute Gasteiger partial charge is 0.465 e. The second kappa shape index (κ2) is 4.55. The number of rotatable bonds is 2. The molecule has 0 aliphatic heterocycles. The molecule has 0 fully saturated rings. The molecule has 0 bridgehead atoms. The molecule has 16 heavy (non-hydrogen) atoms. The lowest BCUT2D eigenvalue weighted by molar-refractivity contribution is 0.0599. The van der Waals surface area contributed by atoms with Gasteiger partial charge in [0.25, 0.3) is 0 Å². The van der Waals surface area contributed by atoms with E-state index in [2.05, 4.69) is 20.7 Å².